The topological polar surface area (TPSA) is 66.6 Å². The molecule has 1 unspecified atom stereocenters. The standard InChI is InChI=1S/C22H24N2O3/c25-13-11-19-9-3-4-12-24(19)22(26)21-15-18(23-27-21)14-17-8-5-7-16-6-1-2-10-20(16)17/h1-2,5-8,10,15,19,25H,3-4,9,11-14H2. The highest BCUT2D eigenvalue weighted by Crippen LogP contribution is 2.24. The van der Waals surface area contributed by atoms with E-state index in [0.717, 1.165) is 30.5 Å². The highest BCUT2D eigenvalue weighted by Gasteiger charge is 2.29. The normalized spacial score (nSPS) is 17.4. The van der Waals surface area contributed by atoms with Gasteiger partial charge in [-0.05, 0) is 42.0 Å². The molecule has 0 bridgehead atoms. The molecule has 3 aromatic rings. The van der Waals surface area contributed by atoms with Gasteiger partial charge >= 0.3 is 0 Å². The minimum absolute atomic E-state index is 0.0860. The lowest BCUT2D eigenvalue weighted by Crippen LogP contribution is -2.44. The van der Waals surface area contributed by atoms with Crippen molar-refractivity contribution in [3.05, 3.63) is 65.5 Å². The Morgan fingerprint density at radius 2 is 2.04 bits per heavy atom. The van der Waals surface area contributed by atoms with Gasteiger partial charge in [0, 0.05) is 31.7 Å². The number of aliphatic hydroxyl groups excluding tert-OH is 1. The average Bonchev–Trinajstić information content (AvgIpc) is 3.17. The lowest BCUT2D eigenvalue weighted by molar-refractivity contribution is 0.0533. The summed E-state index contributed by atoms with van der Waals surface area (Å²) in [6, 6.07) is 16.3. The summed E-state index contributed by atoms with van der Waals surface area (Å²) in [5.41, 5.74) is 1.92. The van der Waals surface area contributed by atoms with E-state index in [0.29, 0.717) is 19.4 Å². The van der Waals surface area contributed by atoms with Crippen LogP contribution in [-0.2, 0) is 6.42 Å². The van der Waals surface area contributed by atoms with Crippen LogP contribution in [0.4, 0.5) is 0 Å². The number of piperidine rings is 1. The summed E-state index contributed by atoms with van der Waals surface area (Å²) in [6.07, 6.45) is 4.26. The van der Waals surface area contributed by atoms with E-state index in [1.165, 1.54) is 10.8 Å². The van der Waals surface area contributed by atoms with Crippen molar-refractivity contribution in [2.45, 2.75) is 38.1 Å². The molecule has 140 valence electrons. The summed E-state index contributed by atoms with van der Waals surface area (Å²) in [4.78, 5) is 14.7. The minimum atomic E-state index is -0.121. The molecule has 0 spiro atoms. The van der Waals surface area contributed by atoms with Crippen molar-refractivity contribution in [3.63, 3.8) is 0 Å². The van der Waals surface area contributed by atoms with Gasteiger partial charge < -0.3 is 14.5 Å². The maximum atomic E-state index is 12.9. The third kappa shape index (κ3) is 3.74. The number of carbonyl (C=O) groups is 1. The highest BCUT2D eigenvalue weighted by atomic mass is 16.5. The maximum absolute atomic E-state index is 12.9. The van der Waals surface area contributed by atoms with Crippen LogP contribution >= 0.6 is 0 Å². The predicted molar refractivity (Wildman–Crippen MR) is 104 cm³/mol. The van der Waals surface area contributed by atoms with Crippen LogP contribution in [0, 0.1) is 0 Å². The van der Waals surface area contributed by atoms with Gasteiger partial charge in [0.2, 0.25) is 5.76 Å². The second-order valence-electron chi connectivity index (χ2n) is 7.16. The number of rotatable bonds is 5. The summed E-state index contributed by atoms with van der Waals surface area (Å²) < 4.78 is 5.39. The summed E-state index contributed by atoms with van der Waals surface area (Å²) in [5, 5.41) is 15.8. The molecule has 1 aliphatic heterocycles. The molecule has 1 saturated heterocycles. The quantitative estimate of drug-likeness (QED) is 0.748. The third-order valence-corrected chi connectivity index (χ3v) is 5.37. The molecule has 0 radical (unpaired) electrons. The number of likely N-dealkylation sites (tertiary alicyclic amines) is 1. The smallest absolute Gasteiger partial charge is 0.292 e. The van der Waals surface area contributed by atoms with Crippen molar-refractivity contribution >= 4 is 16.7 Å². The Kier molecular flexibility index (Phi) is 5.21. The van der Waals surface area contributed by atoms with Crippen molar-refractivity contribution in [2.24, 2.45) is 0 Å². The van der Waals surface area contributed by atoms with Crippen LogP contribution in [0.3, 0.4) is 0 Å². The number of hydrogen-bond acceptors (Lipinski definition) is 4. The number of nitrogens with zero attached hydrogens (tertiary/aromatic N) is 2. The first-order valence-corrected chi connectivity index (χ1v) is 9.60. The molecule has 1 atom stereocenters. The van der Waals surface area contributed by atoms with Gasteiger partial charge in [0.15, 0.2) is 0 Å². The van der Waals surface area contributed by atoms with E-state index >= 15 is 0 Å². The molecule has 2 heterocycles. The number of aliphatic hydroxyl groups is 1. The zero-order chi connectivity index (χ0) is 18.6. The Morgan fingerprint density at radius 1 is 1.19 bits per heavy atom. The van der Waals surface area contributed by atoms with E-state index in [4.69, 9.17) is 4.52 Å². The molecule has 1 aliphatic rings. The Bertz CT molecular complexity index is 927. The molecule has 27 heavy (non-hydrogen) atoms. The minimum Gasteiger partial charge on any atom is -0.396 e. The van der Waals surface area contributed by atoms with Gasteiger partial charge in [0.05, 0.1) is 5.69 Å². The summed E-state index contributed by atoms with van der Waals surface area (Å²) in [6.45, 7) is 0.806. The molecule has 1 fully saturated rings. The van der Waals surface area contributed by atoms with Crippen LogP contribution in [0.25, 0.3) is 10.8 Å². The highest BCUT2D eigenvalue weighted by molar-refractivity contribution is 5.92. The molecule has 0 saturated carbocycles. The van der Waals surface area contributed by atoms with E-state index in [-0.39, 0.29) is 24.3 Å². The molecular weight excluding hydrogens is 340 g/mol. The summed E-state index contributed by atoms with van der Waals surface area (Å²) in [5.74, 6) is 0.167. The zero-order valence-electron chi connectivity index (χ0n) is 15.3. The van der Waals surface area contributed by atoms with Gasteiger partial charge in [0.1, 0.15) is 0 Å². The summed E-state index contributed by atoms with van der Waals surface area (Å²) >= 11 is 0. The third-order valence-electron chi connectivity index (χ3n) is 5.37. The van der Waals surface area contributed by atoms with E-state index < -0.39 is 0 Å². The van der Waals surface area contributed by atoms with Crippen molar-refractivity contribution in [3.8, 4) is 0 Å². The fraction of sp³-hybridized carbons (Fsp3) is 0.364. The maximum Gasteiger partial charge on any atom is 0.292 e. The largest absolute Gasteiger partial charge is 0.396 e. The van der Waals surface area contributed by atoms with Gasteiger partial charge in [-0.2, -0.15) is 0 Å². The number of carbonyl (C=O) groups excluding carboxylic acids is 1. The first-order chi connectivity index (χ1) is 13.3. The van der Waals surface area contributed by atoms with Gasteiger partial charge in [-0.3, -0.25) is 4.79 Å². The first-order valence-electron chi connectivity index (χ1n) is 9.60. The summed E-state index contributed by atoms with van der Waals surface area (Å²) in [7, 11) is 0. The fourth-order valence-corrected chi connectivity index (χ4v) is 4.00. The van der Waals surface area contributed by atoms with Crippen molar-refractivity contribution in [1.29, 1.82) is 0 Å². The van der Waals surface area contributed by atoms with Crippen LogP contribution in [0.1, 0.15) is 47.5 Å². The Morgan fingerprint density at radius 3 is 2.93 bits per heavy atom. The molecule has 0 aliphatic carbocycles. The monoisotopic (exact) mass is 364 g/mol. The van der Waals surface area contributed by atoms with Crippen LogP contribution in [-0.4, -0.2) is 40.3 Å². The van der Waals surface area contributed by atoms with Crippen molar-refractivity contribution in [2.75, 3.05) is 13.2 Å². The van der Waals surface area contributed by atoms with E-state index in [2.05, 4.69) is 29.4 Å². The molecule has 2 aromatic carbocycles. The fourth-order valence-electron chi connectivity index (χ4n) is 4.00. The molecule has 5 nitrogen and oxygen atoms in total. The Balaban J connectivity index is 1.53. The molecular formula is C22H24N2O3. The van der Waals surface area contributed by atoms with Crippen LogP contribution < -0.4 is 0 Å². The van der Waals surface area contributed by atoms with Crippen LogP contribution in [0.5, 0.6) is 0 Å². The van der Waals surface area contributed by atoms with Crippen molar-refractivity contribution < 1.29 is 14.4 Å². The number of aromatic nitrogens is 1. The SMILES string of the molecule is O=C(c1cc(Cc2cccc3ccccc23)no1)N1CCCCC1CCO. The van der Waals surface area contributed by atoms with E-state index in [1.54, 1.807) is 6.07 Å². The van der Waals surface area contributed by atoms with Gasteiger partial charge in [0.25, 0.3) is 5.91 Å². The second kappa shape index (κ2) is 7.92. The molecule has 5 heteroatoms. The molecule has 1 amide bonds. The predicted octanol–water partition coefficient (Wildman–Crippen LogP) is 3.80. The van der Waals surface area contributed by atoms with Crippen LogP contribution in [0.2, 0.25) is 0 Å². The number of amides is 1. The van der Waals surface area contributed by atoms with Gasteiger partial charge in [-0.15, -0.1) is 0 Å². The zero-order valence-corrected chi connectivity index (χ0v) is 15.3. The number of benzene rings is 2. The first kappa shape index (κ1) is 17.7. The Labute approximate surface area is 158 Å². The molecule has 1 N–H and O–H groups in total. The molecule has 1 aromatic heterocycles. The number of fused-ring (bicyclic) bond motifs is 1. The lowest BCUT2D eigenvalue weighted by atomic mass is 9.99. The van der Waals surface area contributed by atoms with E-state index in [9.17, 15) is 9.90 Å². The lowest BCUT2D eigenvalue weighted by Gasteiger charge is -2.34. The Hall–Kier alpha value is -2.66. The van der Waals surface area contributed by atoms with Gasteiger partial charge in [-0.25, -0.2) is 0 Å². The molecule has 4 rings (SSSR count). The van der Waals surface area contributed by atoms with E-state index in [1.807, 2.05) is 23.1 Å². The number of hydrogen-bond donors (Lipinski definition) is 1. The average molecular weight is 364 g/mol. The van der Waals surface area contributed by atoms with Crippen LogP contribution in [0.15, 0.2) is 53.1 Å². The van der Waals surface area contributed by atoms with Crippen molar-refractivity contribution in [1.82, 2.24) is 10.1 Å². The van der Waals surface area contributed by atoms with Gasteiger partial charge in [-0.1, -0.05) is 47.6 Å². The second-order valence-corrected chi connectivity index (χ2v) is 7.16.